The van der Waals surface area contributed by atoms with Crippen molar-refractivity contribution in [3.8, 4) is 0 Å². The highest BCUT2D eigenvalue weighted by Gasteiger charge is 2.39. The van der Waals surface area contributed by atoms with Crippen LogP contribution in [0.15, 0.2) is 84.6 Å². The molecule has 2 aliphatic rings. The van der Waals surface area contributed by atoms with E-state index in [-0.39, 0.29) is 6.04 Å². The molecule has 1 aliphatic heterocycles. The van der Waals surface area contributed by atoms with Crippen molar-refractivity contribution in [1.29, 1.82) is 0 Å². The Labute approximate surface area is 144 Å². The minimum Gasteiger partial charge on any atom is -0.362 e. The van der Waals surface area contributed by atoms with Gasteiger partial charge in [0.05, 0.1) is 6.04 Å². The molecule has 0 radical (unpaired) electrons. The van der Waals surface area contributed by atoms with Gasteiger partial charge in [-0.15, -0.1) is 0 Å². The zero-order chi connectivity index (χ0) is 16.4. The average molecular weight is 316 g/mol. The summed E-state index contributed by atoms with van der Waals surface area (Å²) in [6.07, 6.45) is 7.94. The van der Waals surface area contributed by atoms with Gasteiger partial charge in [-0.25, -0.2) is 0 Å². The first kappa shape index (κ1) is 15.2. The zero-order valence-electron chi connectivity index (χ0n) is 14.1. The monoisotopic (exact) mass is 316 g/mol. The summed E-state index contributed by atoms with van der Waals surface area (Å²) in [5, 5.41) is 3.53. The highest BCUT2D eigenvalue weighted by molar-refractivity contribution is 5.37. The number of nitrogens with zero attached hydrogens (tertiary/aromatic N) is 1. The average Bonchev–Trinajstić information content (AvgIpc) is 3.03. The van der Waals surface area contributed by atoms with Crippen molar-refractivity contribution in [2.45, 2.75) is 18.5 Å². The van der Waals surface area contributed by atoms with E-state index in [0.717, 1.165) is 13.0 Å². The van der Waals surface area contributed by atoms with Gasteiger partial charge >= 0.3 is 0 Å². The van der Waals surface area contributed by atoms with Crippen LogP contribution in [0.5, 0.6) is 0 Å². The minimum absolute atomic E-state index is 0.269. The number of allylic oxidation sites excluding steroid dienone is 3. The van der Waals surface area contributed by atoms with Crippen LogP contribution >= 0.6 is 0 Å². The summed E-state index contributed by atoms with van der Waals surface area (Å²) >= 11 is 0. The summed E-state index contributed by atoms with van der Waals surface area (Å²) in [7, 11) is 2.09. The van der Waals surface area contributed by atoms with Crippen molar-refractivity contribution in [3.05, 3.63) is 95.7 Å². The molecule has 1 aliphatic carbocycles. The lowest BCUT2D eigenvalue weighted by molar-refractivity contribution is 0.316. The molecule has 0 spiro atoms. The van der Waals surface area contributed by atoms with Crippen LogP contribution in [-0.2, 0) is 0 Å². The summed E-state index contributed by atoms with van der Waals surface area (Å²) in [6.45, 7) is 1.04. The predicted octanol–water partition coefficient (Wildman–Crippen LogP) is 4.14. The third-order valence-corrected chi connectivity index (χ3v) is 5.30. The van der Waals surface area contributed by atoms with Gasteiger partial charge in [-0.3, -0.25) is 0 Å². The lowest BCUT2D eigenvalue weighted by Gasteiger charge is -2.33. The zero-order valence-corrected chi connectivity index (χ0v) is 14.1. The van der Waals surface area contributed by atoms with E-state index in [1.165, 1.54) is 16.8 Å². The second-order valence-electron chi connectivity index (χ2n) is 6.63. The quantitative estimate of drug-likeness (QED) is 0.912. The Morgan fingerprint density at radius 1 is 0.958 bits per heavy atom. The molecule has 1 N–H and O–H groups in total. The SMILES string of the molecule is CNC1CN(C(c2ccccc2)c2ccccc2)C2=CC=CCC21. The molecule has 2 aromatic rings. The maximum absolute atomic E-state index is 3.53. The topological polar surface area (TPSA) is 15.3 Å². The Kier molecular flexibility index (Phi) is 4.22. The van der Waals surface area contributed by atoms with Crippen LogP contribution in [0.3, 0.4) is 0 Å². The summed E-state index contributed by atoms with van der Waals surface area (Å²) in [4.78, 5) is 2.60. The number of likely N-dealkylation sites (tertiary alicyclic amines) is 1. The summed E-state index contributed by atoms with van der Waals surface area (Å²) in [5.74, 6) is 0.579. The van der Waals surface area contributed by atoms with Crippen LogP contribution < -0.4 is 5.32 Å². The Balaban J connectivity index is 1.79. The summed E-state index contributed by atoms with van der Waals surface area (Å²) in [6, 6.07) is 22.5. The van der Waals surface area contributed by atoms with Gasteiger partial charge in [-0.2, -0.15) is 0 Å². The van der Waals surface area contributed by atoms with E-state index in [4.69, 9.17) is 0 Å². The van der Waals surface area contributed by atoms with Crippen molar-refractivity contribution < 1.29 is 0 Å². The maximum atomic E-state index is 3.53. The molecule has 4 rings (SSSR count). The normalized spacial score (nSPS) is 22.6. The molecule has 122 valence electrons. The van der Waals surface area contributed by atoms with Crippen LogP contribution in [0.2, 0.25) is 0 Å². The summed E-state index contributed by atoms with van der Waals surface area (Å²) < 4.78 is 0. The van der Waals surface area contributed by atoms with Crippen molar-refractivity contribution in [2.24, 2.45) is 5.92 Å². The van der Waals surface area contributed by atoms with Gasteiger partial charge in [-0.05, 0) is 30.7 Å². The first-order chi connectivity index (χ1) is 11.9. The molecule has 2 atom stereocenters. The number of rotatable bonds is 4. The predicted molar refractivity (Wildman–Crippen MR) is 99.6 cm³/mol. The number of hydrogen-bond donors (Lipinski definition) is 1. The third kappa shape index (κ3) is 2.67. The molecule has 0 saturated carbocycles. The molecule has 1 saturated heterocycles. The fraction of sp³-hybridized carbons (Fsp3) is 0.273. The fourth-order valence-electron chi connectivity index (χ4n) is 4.13. The smallest absolute Gasteiger partial charge is 0.0793 e. The molecule has 0 amide bonds. The van der Waals surface area contributed by atoms with E-state index in [9.17, 15) is 0 Å². The lowest BCUT2D eigenvalue weighted by Crippen LogP contribution is -2.34. The van der Waals surface area contributed by atoms with Gasteiger partial charge in [0.2, 0.25) is 0 Å². The van der Waals surface area contributed by atoms with Crippen LogP contribution in [-0.4, -0.2) is 24.5 Å². The largest absolute Gasteiger partial charge is 0.362 e. The van der Waals surface area contributed by atoms with Gasteiger partial charge in [0.25, 0.3) is 0 Å². The summed E-state index contributed by atoms with van der Waals surface area (Å²) in [5.41, 5.74) is 4.18. The highest BCUT2D eigenvalue weighted by atomic mass is 15.2. The van der Waals surface area contributed by atoms with Gasteiger partial charge in [0.15, 0.2) is 0 Å². The number of fused-ring (bicyclic) bond motifs is 1. The van der Waals surface area contributed by atoms with E-state index in [1.54, 1.807) is 0 Å². The molecule has 2 aromatic carbocycles. The lowest BCUT2D eigenvalue weighted by atomic mass is 9.92. The molecule has 0 aromatic heterocycles. The third-order valence-electron chi connectivity index (χ3n) is 5.30. The Hall–Kier alpha value is -2.32. The van der Waals surface area contributed by atoms with Crippen molar-refractivity contribution in [2.75, 3.05) is 13.6 Å². The Morgan fingerprint density at radius 2 is 1.58 bits per heavy atom. The molecule has 2 heteroatoms. The van der Waals surface area contributed by atoms with E-state index < -0.39 is 0 Å². The molecule has 24 heavy (non-hydrogen) atoms. The molecule has 2 unspecified atom stereocenters. The van der Waals surface area contributed by atoms with Crippen LogP contribution in [0.1, 0.15) is 23.6 Å². The second-order valence-corrected chi connectivity index (χ2v) is 6.63. The molecular weight excluding hydrogens is 292 g/mol. The van der Waals surface area contributed by atoms with Gasteiger partial charge < -0.3 is 10.2 Å². The molecular formula is C22H24N2. The van der Waals surface area contributed by atoms with Crippen LogP contribution in [0.25, 0.3) is 0 Å². The Bertz CT molecular complexity index is 694. The first-order valence-corrected chi connectivity index (χ1v) is 8.79. The molecule has 2 nitrogen and oxygen atoms in total. The van der Waals surface area contributed by atoms with Gasteiger partial charge in [0, 0.05) is 24.2 Å². The van der Waals surface area contributed by atoms with Gasteiger partial charge in [-0.1, -0.05) is 72.8 Å². The Morgan fingerprint density at radius 3 is 2.17 bits per heavy atom. The van der Waals surface area contributed by atoms with E-state index in [1.807, 2.05) is 0 Å². The number of nitrogens with one attached hydrogen (secondary N) is 1. The van der Waals surface area contributed by atoms with Crippen LogP contribution in [0, 0.1) is 5.92 Å². The fourth-order valence-corrected chi connectivity index (χ4v) is 4.13. The van der Waals surface area contributed by atoms with Gasteiger partial charge in [0.1, 0.15) is 0 Å². The van der Waals surface area contributed by atoms with Crippen molar-refractivity contribution in [1.82, 2.24) is 10.2 Å². The number of hydrogen-bond acceptors (Lipinski definition) is 2. The van der Waals surface area contributed by atoms with Crippen LogP contribution in [0.4, 0.5) is 0 Å². The molecule has 1 heterocycles. The van der Waals surface area contributed by atoms with Crippen molar-refractivity contribution >= 4 is 0 Å². The van der Waals surface area contributed by atoms with Crippen molar-refractivity contribution in [3.63, 3.8) is 0 Å². The highest BCUT2D eigenvalue weighted by Crippen LogP contribution is 2.41. The molecule has 1 fully saturated rings. The number of likely N-dealkylation sites (N-methyl/N-ethyl adjacent to an activating group) is 1. The molecule has 0 bridgehead atoms. The second kappa shape index (κ2) is 6.66. The van der Waals surface area contributed by atoms with E-state index >= 15 is 0 Å². The minimum atomic E-state index is 0.269. The van der Waals surface area contributed by atoms with E-state index in [0.29, 0.717) is 12.0 Å². The number of benzene rings is 2. The first-order valence-electron chi connectivity index (χ1n) is 8.79. The van der Waals surface area contributed by atoms with E-state index in [2.05, 4.69) is 96.2 Å². The maximum Gasteiger partial charge on any atom is 0.0793 e. The standard InChI is InChI=1S/C22H24N2/c1-23-20-16-24(21-15-9-8-14-19(20)21)22(17-10-4-2-5-11-17)18-12-6-3-7-13-18/h2-13,15,19-20,22-23H,14,16H2,1H3.